The number of rotatable bonds is 3. The maximum absolute atomic E-state index is 12.5. The van der Waals surface area contributed by atoms with E-state index in [0.29, 0.717) is 21.1 Å². The molecule has 0 aliphatic rings. The zero-order valence-electron chi connectivity index (χ0n) is 8.08. The monoisotopic (exact) mass is 257 g/mol. The molecule has 2 N–H and O–H groups in total. The van der Waals surface area contributed by atoms with Crippen LogP contribution in [-0.4, -0.2) is 27.7 Å². The summed E-state index contributed by atoms with van der Waals surface area (Å²) in [5, 5.41) is 6.29. The van der Waals surface area contributed by atoms with Gasteiger partial charge in [-0.15, -0.1) is 10.2 Å². The van der Waals surface area contributed by atoms with Crippen molar-refractivity contribution in [1.82, 2.24) is 10.2 Å². The van der Waals surface area contributed by atoms with Gasteiger partial charge < -0.3 is 5.73 Å². The first-order chi connectivity index (χ1) is 6.80. The summed E-state index contributed by atoms with van der Waals surface area (Å²) in [6.45, 7) is 3.02. The van der Waals surface area contributed by atoms with Gasteiger partial charge in [-0.2, -0.15) is 13.2 Å². The van der Waals surface area contributed by atoms with Crippen molar-refractivity contribution in [2.45, 2.75) is 35.7 Å². The Morgan fingerprint density at radius 1 is 1.40 bits per heavy atom. The third kappa shape index (κ3) is 3.62. The molecule has 0 aliphatic carbocycles. The molecule has 0 spiro atoms. The van der Waals surface area contributed by atoms with E-state index in [1.165, 1.54) is 6.92 Å². The molecule has 1 aromatic rings. The number of thioether (sulfide) groups is 1. The standard InChI is InChI=1S/C7H10F3N3S2/c1-3(11)5(7(8,9)10)15-6-13-12-4(2)14-6/h3,5H,11H2,1-2H3. The van der Waals surface area contributed by atoms with Gasteiger partial charge in [-0.05, 0) is 13.8 Å². The first-order valence-electron chi connectivity index (χ1n) is 4.09. The highest BCUT2D eigenvalue weighted by atomic mass is 32.2. The minimum absolute atomic E-state index is 0.298. The largest absolute Gasteiger partial charge is 0.402 e. The molecule has 0 amide bonds. The van der Waals surface area contributed by atoms with Crippen LogP contribution in [0.25, 0.3) is 0 Å². The van der Waals surface area contributed by atoms with E-state index in [9.17, 15) is 13.2 Å². The van der Waals surface area contributed by atoms with Crippen LogP contribution in [0.5, 0.6) is 0 Å². The molecule has 0 bridgehead atoms. The predicted molar refractivity (Wildman–Crippen MR) is 54.0 cm³/mol. The number of nitrogens with zero attached hydrogens (tertiary/aromatic N) is 2. The van der Waals surface area contributed by atoms with Gasteiger partial charge in [-0.1, -0.05) is 23.1 Å². The lowest BCUT2D eigenvalue weighted by atomic mass is 10.2. The number of halogens is 3. The Morgan fingerprint density at radius 3 is 2.33 bits per heavy atom. The molecule has 0 aliphatic heterocycles. The van der Waals surface area contributed by atoms with Crippen molar-refractivity contribution in [2.24, 2.45) is 5.73 Å². The van der Waals surface area contributed by atoms with Crippen molar-refractivity contribution < 1.29 is 13.2 Å². The van der Waals surface area contributed by atoms with Crippen LogP contribution in [0.15, 0.2) is 4.34 Å². The Hall–Kier alpha value is -0.340. The summed E-state index contributed by atoms with van der Waals surface area (Å²) in [4.78, 5) is 0. The lowest BCUT2D eigenvalue weighted by molar-refractivity contribution is -0.131. The average molecular weight is 257 g/mol. The number of alkyl halides is 3. The Morgan fingerprint density at radius 2 is 2.00 bits per heavy atom. The van der Waals surface area contributed by atoms with Gasteiger partial charge in [0.05, 0.1) is 0 Å². The molecule has 0 saturated carbocycles. The second-order valence-electron chi connectivity index (χ2n) is 3.03. The van der Waals surface area contributed by atoms with Gasteiger partial charge in [-0.3, -0.25) is 0 Å². The first-order valence-corrected chi connectivity index (χ1v) is 5.79. The quantitative estimate of drug-likeness (QED) is 0.844. The zero-order valence-corrected chi connectivity index (χ0v) is 9.71. The molecule has 3 nitrogen and oxygen atoms in total. The van der Waals surface area contributed by atoms with E-state index >= 15 is 0 Å². The molecule has 2 atom stereocenters. The van der Waals surface area contributed by atoms with Crippen molar-refractivity contribution in [3.63, 3.8) is 0 Å². The molecule has 1 heterocycles. The number of aromatic nitrogens is 2. The van der Waals surface area contributed by atoms with Crippen molar-refractivity contribution in [3.8, 4) is 0 Å². The number of nitrogens with two attached hydrogens (primary N) is 1. The summed E-state index contributed by atoms with van der Waals surface area (Å²) in [6, 6.07) is -0.973. The SMILES string of the molecule is Cc1nnc(SC(C(C)N)C(F)(F)F)s1. The summed E-state index contributed by atoms with van der Waals surface area (Å²) in [7, 11) is 0. The normalized spacial score (nSPS) is 16.4. The summed E-state index contributed by atoms with van der Waals surface area (Å²) >= 11 is 1.75. The van der Waals surface area contributed by atoms with Crippen LogP contribution in [0, 0.1) is 6.92 Å². The minimum Gasteiger partial charge on any atom is -0.327 e. The van der Waals surface area contributed by atoms with E-state index in [-0.39, 0.29) is 0 Å². The van der Waals surface area contributed by atoms with E-state index in [4.69, 9.17) is 5.73 Å². The lowest BCUT2D eigenvalue weighted by Gasteiger charge is -2.21. The van der Waals surface area contributed by atoms with Gasteiger partial charge >= 0.3 is 6.18 Å². The van der Waals surface area contributed by atoms with Crippen LogP contribution in [0.3, 0.4) is 0 Å². The van der Waals surface area contributed by atoms with Crippen LogP contribution in [0.2, 0.25) is 0 Å². The molecule has 0 saturated heterocycles. The zero-order chi connectivity index (χ0) is 11.6. The minimum atomic E-state index is -4.32. The highest BCUT2D eigenvalue weighted by molar-refractivity contribution is 8.01. The van der Waals surface area contributed by atoms with Gasteiger partial charge in [0.1, 0.15) is 10.3 Å². The fraction of sp³-hybridized carbons (Fsp3) is 0.714. The Labute approximate surface area is 93.3 Å². The highest BCUT2D eigenvalue weighted by Gasteiger charge is 2.43. The van der Waals surface area contributed by atoms with Crippen molar-refractivity contribution in [2.75, 3.05) is 0 Å². The third-order valence-corrected chi connectivity index (χ3v) is 3.94. The van der Waals surface area contributed by atoms with Gasteiger partial charge in [0.15, 0.2) is 4.34 Å². The molecule has 2 unspecified atom stereocenters. The molecule has 0 aromatic carbocycles. The van der Waals surface area contributed by atoms with Crippen LogP contribution in [-0.2, 0) is 0 Å². The molecule has 1 aromatic heterocycles. The molecule has 0 fully saturated rings. The van der Waals surface area contributed by atoms with E-state index in [1.54, 1.807) is 6.92 Å². The fourth-order valence-corrected chi connectivity index (χ4v) is 2.84. The number of hydrogen-bond acceptors (Lipinski definition) is 5. The van der Waals surface area contributed by atoms with Gasteiger partial charge in [-0.25, -0.2) is 0 Å². The Balaban J connectivity index is 2.76. The van der Waals surface area contributed by atoms with Crippen LogP contribution >= 0.6 is 23.1 Å². The molecule has 15 heavy (non-hydrogen) atoms. The highest BCUT2D eigenvalue weighted by Crippen LogP contribution is 2.37. The second kappa shape index (κ2) is 4.67. The number of hydrogen-bond donors (Lipinski definition) is 1. The van der Waals surface area contributed by atoms with E-state index in [1.807, 2.05) is 0 Å². The van der Waals surface area contributed by atoms with Crippen molar-refractivity contribution in [3.05, 3.63) is 5.01 Å². The van der Waals surface area contributed by atoms with Crippen LogP contribution < -0.4 is 5.73 Å². The second-order valence-corrected chi connectivity index (χ2v) is 5.60. The van der Waals surface area contributed by atoms with Crippen molar-refractivity contribution >= 4 is 23.1 Å². The maximum atomic E-state index is 12.5. The molecule has 8 heteroatoms. The Kier molecular flexibility index (Phi) is 3.96. The van der Waals surface area contributed by atoms with Crippen LogP contribution in [0.1, 0.15) is 11.9 Å². The molecule has 1 rings (SSSR count). The van der Waals surface area contributed by atoms with Crippen molar-refractivity contribution in [1.29, 1.82) is 0 Å². The molecular formula is C7H10F3N3S2. The average Bonchev–Trinajstić information content (AvgIpc) is 2.44. The summed E-state index contributed by atoms with van der Waals surface area (Å²) in [6.07, 6.45) is -4.32. The molecule has 0 radical (unpaired) electrons. The maximum Gasteiger partial charge on any atom is 0.402 e. The smallest absolute Gasteiger partial charge is 0.327 e. The van der Waals surface area contributed by atoms with Crippen LogP contribution in [0.4, 0.5) is 13.2 Å². The van der Waals surface area contributed by atoms with Gasteiger partial charge in [0.25, 0.3) is 0 Å². The van der Waals surface area contributed by atoms with E-state index in [0.717, 1.165) is 11.3 Å². The predicted octanol–water partition coefficient (Wildman–Crippen LogP) is 2.22. The Bertz CT molecular complexity index is 324. The topological polar surface area (TPSA) is 51.8 Å². The lowest BCUT2D eigenvalue weighted by Crippen LogP contribution is -2.40. The third-order valence-electron chi connectivity index (χ3n) is 1.54. The van der Waals surface area contributed by atoms with Gasteiger partial charge in [0.2, 0.25) is 0 Å². The summed E-state index contributed by atoms with van der Waals surface area (Å²) in [5.74, 6) is 0. The summed E-state index contributed by atoms with van der Waals surface area (Å²) in [5.41, 5.74) is 5.29. The molecule has 86 valence electrons. The van der Waals surface area contributed by atoms with E-state index in [2.05, 4.69) is 10.2 Å². The van der Waals surface area contributed by atoms with Gasteiger partial charge in [0, 0.05) is 6.04 Å². The summed E-state index contributed by atoms with van der Waals surface area (Å²) < 4.78 is 37.9. The molecular weight excluding hydrogens is 247 g/mol. The van der Waals surface area contributed by atoms with E-state index < -0.39 is 17.5 Å². The number of aryl methyl sites for hydroxylation is 1. The fourth-order valence-electron chi connectivity index (χ4n) is 0.907. The first kappa shape index (κ1) is 12.7.